The van der Waals surface area contributed by atoms with E-state index in [0.29, 0.717) is 13.1 Å². The van der Waals surface area contributed by atoms with Crippen LogP contribution < -0.4 is 5.32 Å². The van der Waals surface area contributed by atoms with E-state index in [1.165, 1.54) is 0 Å². The van der Waals surface area contributed by atoms with Gasteiger partial charge >= 0.3 is 12.0 Å². The van der Waals surface area contributed by atoms with Gasteiger partial charge in [0.05, 0.1) is 12.0 Å². The fourth-order valence-electron chi connectivity index (χ4n) is 2.34. The number of carbonyl (C=O) groups is 2. The van der Waals surface area contributed by atoms with Crippen LogP contribution >= 0.6 is 0 Å². The van der Waals surface area contributed by atoms with Gasteiger partial charge in [0.1, 0.15) is 0 Å². The van der Waals surface area contributed by atoms with Gasteiger partial charge in [0.25, 0.3) is 0 Å². The molecule has 1 heterocycles. The molecular weight excluding hydrogens is 236 g/mol. The normalized spacial score (nSPS) is 29.1. The third-order valence-electron chi connectivity index (χ3n) is 4.05. The summed E-state index contributed by atoms with van der Waals surface area (Å²) in [6.45, 7) is 2.77. The van der Waals surface area contributed by atoms with E-state index >= 15 is 0 Å². The summed E-state index contributed by atoms with van der Waals surface area (Å²) in [5, 5.41) is 11.8. The molecule has 0 aromatic heterocycles. The van der Waals surface area contributed by atoms with E-state index in [9.17, 15) is 9.59 Å². The van der Waals surface area contributed by atoms with E-state index in [4.69, 9.17) is 9.84 Å². The topological polar surface area (TPSA) is 78.9 Å². The number of nitrogens with one attached hydrogen (secondary N) is 1. The number of ether oxygens (including phenoxy) is 1. The summed E-state index contributed by atoms with van der Waals surface area (Å²) < 4.78 is 5.14. The van der Waals surface area contributed by atoms with Crippen LogP contribution in [0.3, 0.4) is 0 Å². The molecule has 6 nitrogen and oxygen atoms in total. The summed E-state index contributed by atoms with van der Waals surface area (Å²) in [4.78, 5) is 24.2. The Bertz CT molecular complexity index is 335. The predicted octanol–water partition coefficient (Wildman–Crippen LogP) is 0.526. The third kappa shape index (κ3) is 2.58. The zero-order chi connectivity index (χ0) is 13.3. The number of likely N-dealkylation sites (tertiary alicyclic amines) is 1. The van der Waals surface area contributed by atoms with Crippen LogP contribution in [0.25, 0.3) is 0 Å². The summed E-state index contributed by atoms with van der Waals surface area (Å²) in [7, 11) is 1.68. The lowest BCUT2D eigenvalue weighted by molar-refractivity contribution is -0.144. The molecule has 18 heavy (non-hydrogen) atoms. The molecule has 2 fully saturated rings. The predicted molar refractivity (Wildman–Crippen MR) is 64.2 cm³/mol. The first-order chi connectivity index (χ1) is 8.51. The lowest BCUT2D eigenvalue weighted by Crippen LogP contribution is -2.59. The standard InChI is InChI=1S/C12H20N2O4/c1-7(11(15)16)8-5-14(6-8)12(17)13-9-3-10(4-9)18-2/h7-10H,3-6H2,1-2H3,(H,13,17)(H,15,16). The van der Waals surface area contributed by atoms with Gasteiger partial charge in [0, 0.05) is 32.2 Å². The van der Waals surface area contributed by atoms with Gasteiger partial charge in [-0.05, 0) is 12.8 Å². The molecule has 2 rings (SSSR count). The van der Waals surface area contributed by atoms with Gasteiger partial charge in [-0.2, -0.15) is 0 Å². The summed E-state index contributed by atoms with van der Waals surface area (Å²) >= 11 is 0. The number of amides is 2. The summed E-state index contributed by atoms with van der Waals surface area (Å²) in [5.74, 6) is -1.08. The molecule has 0 radical (unpaired) electrons. The van der Waals surface area contributed by atoms with Crippen LogP contribution in [0.1, 0.15) is 19.8 Å². The number of urea groups is 1. The van der Waals surface area contributed by atoms with Crippen molar-refractivity contribution >= 4 is 12.0 Å². The Balaban J connectivity index is 1.66. The van der Waals surface area contributed by atoms with E-state index in [1.807, 2.05) is 0 Å². The summed E-state index contributed by atoms with van der Waals surface area (Å²) in [6.07, 6.45) is 2.00. The first kappa shape index (κ1) is 13.1. The second kappa shape index (κ2) is 5.14. The van der Waals surface area contributed by atoms with Crippen LogP contribution in [0.4, 0.5) is 4.79 Å². The number of hydrogen-bond acceptors (Lipinski definition) is 3. The minimum absolute atomic E-state index is 0.0802. The number of hydrogen-bond donors (Lipinski definition) is 2. The molecule has 6 heteroatoms. The Morgan fingerprint density at radius 3 is 2.50 bits per heavy atom. The van der Waals surface area contributed by atoms with Crippen LogP contribution in [-0.2, 0) is 9.53 Å². The number of rotatable bonds is 4. The van der Waals surface area contributed by atoms with Crippen LogP contribution in [-0.4, -0.2) is 54.4 Å². The van der Waals surface area contributed by atoms with E-state index in [1.54, 1.807) is 18.9 Å². The quantitative estimate of drug-likeness (QED) is 0.769. The zero-order valence-electron chi connectivity index (χ0n) is 10.8. The number of carboxylic acids is 1. The molecule has 1 saturated heterocycles. The highest BCUT2D eigenvalue weighted by Crippen LogP contribution is 2.26. The molecule has 1 atom stereocenters. The van der Waals surface area contributed by atoms with Gasteiger partial charge in [0.15, 0.2) is 0 Å². The van der Waals surface area contributed by atoms with Gasteiger partial charge in [-0.25, -0.2) is 4.79 Å². The minimum atomic E-state index is -0.790. The lowest BCUT2D eigenvalue weighted by atomic mass is 9.87. The van der Waals surface area contributed by atoms with E-state index in [2.05, 4.69) is 5.32 Å². The van der Waals surface area contributed by atoms with Gasteiger partial charge in [-0.15, -0.1) is 0 Å². The van der Waals surface area contributed by atoms with Crippen molar-refractivity contribution in [2.75, 3.05) is 20.2 Å². The van der Waals surface area contributed by atoms with E-state index in [0.717, 1.165) is 12.8 Å². The van der Waals surface area contributed by atoms with Gasteiger partial charge in [0.2, 0.25) is 0 Å². The van der Waals surface area contributed by atoms with Crippen LogP contribution in [0.15, 0.2) is 0 Å². The van der Waals surface area contributed by atoms with Crippen molar-refractivity contribution in [1.29, 1.82) is 0 Å². The molecule has 0 aromatic carbocycles. The first-order valence-electron chi connectivity index (χ1n) is 6.32. The minimum Gasteiger partial charge on any atom is -0.481 e. The maximum Gasteiger partial charge on any atom is 0.317 e. The Hall–Kier alpha value is -1.30. The van der Waals surface area contributed by atoms with E-state index < -0.39 is 5.97 Å². The van der Waals surface area contributed by atoms with Crippen molar-refractivity contribution in [3.05, 3.63) is 0 Å². The largest absolute Gasteiger partial charge is 0.481 e. The Morgan fingerprint density at radius 1 is 1.39 bits per heavy atom. The number of aliphatic carboxylic acids is 1. The second-order valence-electron chi connectivity index (χ2n) is 5.27. The number of carboxylic acid groups (broad SMARTS) is 1. The van der Waals surface area contributed by atoms with Gasteiger partial charge in [-0.1, -0.05) is 6.92 Å². The summed E-state index contributed by atoms with van der Waals surface area (Å²) in [6, 6.07) is 0.127. The highest BCUT2D eigenvalue weighted by Gasteiger charge is 2.39. The molecule has 1 saturated carbocycles. The molecule has 2 N–H and O–H groups in total. The highest BCUT2D eigenvalue weighted by molar-refractivity contribution is 5.76. The molecule has 2 aliphatic rings. The van der Waals surface area contributed by atoms with Gasteiger partial charge < -0.3 is 20.1 Å². The Kier molecular flexibility index (Phi) is 3.75. The van der Waals surface area contributed by atoms with Crippen LogP contribution in [0, 0.1) is 11.8 Å². The smallest absolute Gasteiger partial charge is 0.317 e. The average Bonchev–Trinajstić information content (AvgIpc) is 2.20. The molecule has 1 aliphatic carbocycles. The zero-order valence-corrected chi connectivity index (χ0v) is 10.8. The molecule has 0 spiro atoms. The molecule has 1 aliphatic heterocycles. The highest BCUT2D eigenvalue weighted by atomic mass is 16.5. The van der Waals surface area contributed by atoms with Gasteiger partial charge in [-0.3, -0.25) is 4.79 Å². The number of nitrogens with zero attached hydrogens (tertiary/aromatic N) is 1. The number of carbonyl (C=O) groups excluding carboxylic acids is 1. The first-order valence-corrected chi connectivity index (χ1v) is 6.32. The maximum atomic E-state index is 11.8. The molecule has 2 amide bonds. The monoisotopic (exact) mass is 256 g/mol. The molecule has 0 bridgehead atoms. The van der Waals surface area contributed by atoms with Crippen LogP contribution in [0.2, 0.25) is 0 Å². The molecule has 1 unspecified atom stereocenters. The van der Waals surface area contributed by atoms with Crippen molar-refractivity contribution in [2.45, 2.75) is 31.9 Å². The van der Waals surface area contributed by atoms with Crippen molar-refractivity contribution in [3.63, 3.8) is 0 Å². The van der Waals surface area contributed by atoms with Crippen molar-refractivity contribution < 1.29 is 19.4 Å². The molecule has 0 aromatic rings. The molecular formula is C12H20N2O4. The van der Waals surface area contributed by atoms with Crippen molar-refractivity contribution in [1.82, 2.24) is 10.2 Å². The van der Waals surface area contributed by atoms with Crippen LogP contribution in [0.5, 0.6) is 0 Å². The fraction of sp³-hybridized carbons (Fsp3) is 0.833. The SMILES string of the molecule is COC1CC(NC(=O)N2CC(C(C)C(=O)O)C2)C1. The van der Waals surface area contributed by atoms with Crippen molar-refractivity contribution in [2.24, 2.45) is 11.8 Å². The van der Waals surface area contributed by atoms with E-state index in [-0.39, 0.29) is 30.0 Å². The summed E-state index contributed by atoms with van der Waals surface area (Å²) in [5.41, 5.74) is 0. The molecule has 102 valence electrons. The second-order valence-corrected chi connectivity index (χ2v) is 5.27. The number of methoxy groups -OCH3 is 1. The van der Waals surface area contributed by atoms with Crippen molar-refractivity contribution in [3.8, 4) is 0 Å². The fourth-order valence-corrected chi connectivity index (χ4v) is 2.34. The third-order valence-corrected chi connectivity index (χ3v) is 4.05. The maximum absolute atomic E-state index is 11.8. The lowest BCUT2D eigenvalue weighted by Gasteiger charge is -2.43. The Labute approximate surface area is 106 Å². The average molecular weight is 256 g/mol. The Morgan fingerprint density at radius 2 is 2.00 bits per heavy atom.